The quantitative estimate of drug-likeness (QED) is 0.754. The van der Waals surface area contributed by atoms with Crippen molar-refractivity contribution in [2.24, 2.45) is 0 Å². The summed E-state index contributed by atoms with van der Waals surface area (Å²) < 4.78 is 43.8. The summed E-state index contributed by atoms with van der Waals surface area (Å²) in [5, 5.41) is 12.8. The Bertz CT molecular complexity index is 1160. The summed E-state index contributed by atoms with van der Waals surface area (Å²) >= 11 is 0. The van der Waals surface area contributed by atoms with E-state index in [1.165, 1.54) is 16.4 Å². The first-order valence-corrected chi connectivity index (χ1v) is 10.3. The number of carbonyl (C=O) groups is 2. The van der Waals surface area contributed by atoms with E-state index in [-0.39, 0.29) is 24.2 Å². The Morgan fingerprint density at radius 1 is 1.22 bits per heavy atom. The van der Waals surface area contributed by atoms with Crippen LogP contribution in [0.5, 0.6) is 5.75 Å². The molecule has 3 atom stereocenters. The first-order chi connectivity index (χ1) is 15.1. The van der Waals surface area contributed by atoms with Crippen molar-refractivity contribution in [3.63, 3.8) is 0 Å². The van der Waals surface area contributed by atoms with Gasteiger partial charge < -0.3 is 19.9 Å². The summed E-state index contributed by atoms with van der Waals surface area (Å²) in [5.41, 5.74) is -1.85. The number of pyridine rings is 1. The van der Waals surface area contributed by atoms with Gasteiger partial charge in [0, 0.05) is 24.8 Å². The van der Waals surface area contributed by atoms with Gasteiger partial charge >= 0.3 is 0 Å². The van der Waals surface area contributed by atoms with Crippen LogP contribution < -0.4 is 10.7 Å². The van der Waals surface area contributed by atoms with Crippen LogP contribution in [0.4, 0.5) is 13.2 Å². The zero-order chi connectivity index (χ0) is 23.3. The number of amides is 2. The van der Waals surface area contributed by atoms with E-state index in [4.69, 9.17) is 0 Å². The Balaban J connectivity index is 1.68. The van der Waals surface area contributed by atoms with Crippen LogP contribution in [-0.4, -0.2) is 45.1 Å². The molecule has 0 saturated carbocycles. The number of aromatic hydroxyl groups is 1. The molecule has 1 saturated heterocycles. The van der Waals surface area contributed by atoms with Gasteiger partial charge in [0.1, 0.15) is 23.4 Å². The first-order valence-electron chi connectivity index (χ1n) is 10.3. The van der Waals surface area contributed by atoms with Crippen LogP contribution in [0.15, 0.2) is 23.1 Å². The van der Waals surface area contributed by atoms with Crippen molar-refractivity contribution in [2.45, 2.75) is 51.5 Å². The van der Waals surface area contributed by atoms with Crippen LogP contribution in [0.3, 0.4) is 0 Å². The third-order valence-electron chi connectivity index (χ3n) is 6.22. The SMILES string of the molecule is Cc1cc(F)c(CNC(=O)c2cn3c(c(O)c2=O)C(=O)N2CC3CCC(F)C2C)c(F)c1. The van der Waals surface area contributed by atoms with Crippen molar-refractivity contribution in [1.82, 2.24) is 14.8 Å². The number of fused-ring (bicyclic) bond motifs is 4. The second-order valence-corrected chi connectivity index (χ2v) is 8.31. The highest BCUT2D eigenvalue weighted by Crippen LogP contribution is 2.35. The van der Waals surface area contributed by atoms with Gasteiger partial charge in [0.25, 0.3) is 11.8 Å². The molecule has 2 bridgehead atoms. The molecule has 1 aromatic heterocycles. The Morgan fingerprint density at radius 2 is 1.88 bits per heavy atom. The number of nitrogens with one attached hydrogen (secondary N) is 1. The van der Waals surface area contributed by atoms with Gasteiger partial charge in [0.2, 0.25) is 5.43 Å². The molecule has 1 fully saturated rings. The van der Waals surface area contributed by atoms with Crippen molar-refractivity contribution in [2.75, 3.05) is 6.54 Å². The van der Waals surface area contributed by atoms with Gasteiger partial charge in [-0.2, -0.15) is 0 Å². The predicted octanol–water partition coefficient (Wildman–Crippen LogP) is 2.59. The number of hydrogen-bond acceptors (Lipinski definition) is 4. The standard InChI is InChI=1S/C22H22F3N3O4/c1-10-5-16(24)13(17(25)6-10)7-26-21(31)14-9-28-12-3-4-15(23)11(2)27(8-12)22(32)18(28)20(30)19(14)29/h5-6,9,11-12,15,30H,3-4,7-8H2,1-2H3,(H,26,31). The van der Waals surface area contributed by atoms with Gasteiger partial charge in [0.05, 0.1) is 12.1 Å². The van der Waals surface area contributed by atoms with Crippen molar-refractivity contribution >= 4 is 11.8 Å². The third kappa shape index (κ3) is 3.53. The fraction of sp³-hybridized carbons (Fsp3) is 0.409. The van der Waals surface area contributed by atoms with E-state index in [1.807, 2.05) is 0 Å². The van der Waals surface area contributed by atoms with Gasteiger partial charge in [-0.1, -0.05) is 0 Å². The molecule has 32 heavy (non-hydrogen) atoms. The number of aromatic nitrogens is 1. The van der Waals surface area contributed by atoms with Crippen molar-refractivity contribution in [1.29, 1.82) is 0 Å². The maximum absolute atomic E-state index is 14.4. The molecule has 2 N–H and O–H groups in total. The molecule has 0 aliphatic carbocycles. The normalized spacial score (nSPS) is 22.3. The summed E-state index contributed by atoms with van der Waals surface area (Å²) in [5.74, 6) is -4.24. The molecule has 3 unspecified atom stereocenters. The molecule has 170 valence electrons. The summed E-state index contributed by atoms with van der Waals surface area (Å²) in [6.07, 6.45) is 0.410. The molecule has 0 spiro atoms. The van der Waals surface area contributed by atoms with Gasteiger partial charge in [-0.15, -0.1) is 0 Å². The zero-order valence-corrected chi connectivity index (χ0v) is 17.5. The number of halogens is 3. The van der Waals surface area contributed by atoms with E-state index in [2.05, 4.69) is 5.32 Å². The molecule has 3 heterocycles. The third-order valence-corrected chi connectivity index (χ3v) is 6.22. The smallest absolute Gasteiger partial charge is 0.274 e. The van der Waals surface area contributed by atoms with Crippen LogP contribution in [0.25, 0.3) is 0 Å². The second kappa shape index (κ2) is 7.99. The van der Waals surface area contributed by atoms with E-state index in [0.717, 1.165) is 18.3 Å². The first kappa shape index (κ1) is 21.9. The molecule has 1 aromatic carbocycles. The Morgan fingerprint density at radius 3 is 2.53 bits per heavy atom. The molecule has 4 rings (SSSR count). The minimum Gasteiger partial charge on any atom is -0.503 e. The summed E-state index contributed by atoms with van der Waals surface area (Å²) in [7, 11) is 0. The van der Waals surface area contributed by atoms with E-state index in [0.29, 0.717) is 12.0 Å². The van der Waals surface area contributed by atoms with E-state index in [9.17, 15) is 32.7 Å². The fourth-order valence-corrected chi connectivity index (χ4v) is 4.35. The van der Waals surface area contributed by atoms with Crippen LogP contribution in [-0.2, 0) is 6.54 Å². The minimum atomic E-state index is -1.25. The number of nitrogens with zero attached hydrogens (tertiary/aromatic N) is 2. The molecule has 7 nitrogen and oxygen atoms in total. The largest absolute Gasteiger partial charge is 0.503 e. The van der Waals surface area contributed by atoms with E-state index in [1.54, 1.807) is 6.92 Å². The zero-order valence-electron chi connectivity index (χ0n) is 17.5. The molecule has 2 amide bonds. The number of rotatable bonds is 3. The highest BCUT2D eigenvalue weighted by atomic mass is 19.1. The Hall–Kier alpha value is -3.30. The van der Waals surface area contributed by atoms with Gasteiger partial charge in [-0.25, -0.2) is 13.2 Å². The van der Waals surface area contributed by atoms with Crippen LogP contribution in [0, 0.1) is 18.6 Å². The lowest BCUT2D eigenvalue weighted by atomic mass is 10.1. The number of hydrogen-bond donors (Lipinski definition) is 2. The minimum absolute atomic E-state index is 0.176. The lowest BCUT2D eigenvalue weighted by molar-refractivity contribution is 0.0531. The average Bonchev–Trinajstić information content (AvgIpc) is 2.85. The van der Waals surface area contributed by atoms with E-state index < -0.39 is 65.0 Å². The summed E-state index contributed by atoms with van der Waals surface area (Å²) in [6.45, 7) is 2.75. The molecule has 10 heteroatoms. The lowest BCUT2D eigenvalue weighted by Gasteiger charge is -2.37. The van der Waals surface area contributed by atoms with Crippen molar-refractivity contribution in [3.8, 4) is 5.75 Å². The molecule has 2 aliphatic rings. The van der Waals surface area contributed by atoms with Gasteiger partial charge in [-0.05, 0) is 44.4 Å². The van der Waals surface area contributed by atoms with Crippen LogP contribution >= 0.6 is 0 Å². The number of aryl methyl sites for hydroxylation is 1. The van der Waals surface area contributed by atoms with Gasteiger partial charge in [0.15, 0.2) is 11.4 Å². The topological polar surface area (TPSA) is 91.6 Å². The highest BCUT2D eigenvalue weighted by molar-refractivity contribution is 5.99. The second-order valence-electron chi connectivity index (χ2n) is 8.31. The Labute approximate surface area is 181 Å². The summed E-state index contributed by atoms with van der Waals surface area (Å²) in [6, 6.07) is 1.09. The molecular weight excluding hydrogens is 427 g/mol. The maximum Gasteiger partial charge on any atom is 0.274 e. The lowest BCUT2D eigenvalue weighted by Crippen LogP contribution is -2.49. The fourth-order valence-electron chi connectivity index (χ4n) is 4.35. The van der Waals surface area contributed by atoms with Gasteiger partial charge in [-0.3, -0.25) is 14.4 Å². The highest BCUT2D eigenvalue weighted by Gasteiger charge is 2.41. The number of benzene rings is 1. The maximum atomic E-state index is 14.4. The van der Waals surface area contributed by atoms with Crippen LogP contribution in [0.1, 0.15) is 57.8 Å². The number of carbonyl (C=O) groups excluding carboxylic acids is 2. The molecule has 2 aromatic rings. The molecule has 2 aliphatic heterocycles. The van der Waals surface area contributed by atoms with Crippen molar-refractivity contribution < 1.29 is 27.9 Å². The average molecular weight is 449 g/mol. The van der Waals surface area contributed by atoms with E-state index >= 15 is 0 Å². The predicted molar refractivity (Wildman–Crippen MR) is 108 cm³/mol. The Kier molecular flexibility index (Phi) is 5.47. The monoisotopic (exact) mass is 449 g/mol. The van der Waals surface area contributed by atoms with Crippen molar-refractivity contribution in [3.05, 3.63) is 62.6 Å². The summed E-state index contributed by atoms with van der Waals surface area (Å²) in [4.78, 5) is 39.5. The van der Waals surface area contributed by atoms with Crippen LogP contribution in [0.2, 0.25) is 0 Å². The molecule has 0 radical (unpaired) electrons. The molecular formula is C22H22F3N3O4. The number of alkyl halides is 1.